The number of benzene rings is 4. The number of hydrogen-bond donors (Lipinski definition) is 1. The van der Waals surface area contributed by atoms with Gasteiger partial charge in [-0.2, -0.15) is 17.5 Å². The van der Waals surface area contributed by atoms with Crippen molar-refractivity contribution in [2.24, 2.45) is 0 Å². The molecule has 1 heterocycles. The maximum Gasteiger partial charge on any atom is 0.416 e. The lowest BCUT2D eigenvalue weighted by atomic mass is 9.97. The highest BCUT2D eigenvalue weighted by atomic mass is 32.2. The van der Waals surface area contributed by atoms with Crippen LogP contribution in [0.3, 0.4) is 0 Å². The fourth-order valence-corrected chi connectivity index (χ4v) is 6.49. The van der Waals surface area contributed by atoms with E-state index in [0.29, 0.717) is 23.2 Å². The molecule has 0 aliphatic carbocycles. The van der Waals surface area contributed by atoms with Crippen LogP contribution in [0.2, 0.25) is 0 Å². The Balaban J connectivity index is 1.34. The number of alkyl halides is 3. The molecule has 7 nitrogen and oxygen atoms in total. The number of sulfonamides is 1. The summed E-state index contributed by atoms with van der Waals surface area (Å²) in [6.45, 7) is 0.247. The number of rotatable bonds is 6. The van der Waals surface area contributed by atoms with Crippen LogP contribution in [0.15, 0.2) is 95.9 Å². The Morgan fingerprint density at radius 2 is 1.52 bits per heavy atom. The first-order chi connectivity index (χ1) is 20.0. The van der Waals surface area contributed by atoms with Gasteiger partial charge in [0.05, 0.1) is 23.1 Å². The van der Waals surface area contributed by atoms with Gasteiger partial charge < -0.3 is 10.1 Å². The van der Waals surface area contributed by atoms with Crippen molar-refractivity contribution in [2.75, 3.05) is 19.0 Å². The van der Waals surface area contributed by atoms with E-state index in [9.17, 15) is 31.2 Å². The molecule has 0 saturated heterocycles. The summed E-state index contributed by atoms with van der Waals surface area (Å²) in [5.41, 5.74) is 2.52. The summed E-state index contributed by atoms with van der Waals surface area (Å²) >= 11 is 0. The highest BCUT2D eigenvalue weighted by Crippen LogP contribution is 2.33. The molecule has 42 heavy (non-hydrogen) atoms. The zero-order valence-electron chi connectivity index (χ0n) is 22.3. The van der Waals surface area contributed by atoms with E-state index in [1.807, 2.05) is 0 Å². The molecular formula is C31H25F3N2O5S. The Kier molecular flexibility index (Phi) is 7.89. The molecular weight excluding hydrogens is 569 g/mol. The van der Waals surface area contributed by atoms with Crippen LogP contribution in [-0.4, -0.2) is 38.3 Å². The van der Waals surface area contributed by atoms with Crippen LogP contribution >= 0.6 is 0 Å². The van der Waals surface area contributed by atoms with Crippen LogP contribution in [0.5, 0.6) is 0 Å². The molecule has 4 aromatic carbocycles. The first-order valence-corrected chi connectivity index (χ1v) is 14.3. The number of nitrogens with zero attached hydrogens (tertiary/aromatic N) is 1. The molecule has 1 aliphatic heterocycles. The molecule has 1 aliphatic rings. The molecule has 0 aromatic heterocycles. The number of ether oxygens (including phenoxy) is 1. The lowest BCUT2D eigenvalue weighted by Gasteiger charge is -2.29. The average molecular weight is 595 g/mol. The van der Waals surface area contributed by atoms with E-state index >= 15 is 0 Å². The molecule has 0 radical (unpaired) electrons. The molecule has 0 saturated carbocycles. The topological polar surface area (TPSA) is 92.8 Å². The summed E-state index contributed by atoms with van der Waals surface area (Å²) < 4.78 is 71.9. The predicted octanol–water partition coefficient (Wildman–Crippen LogP) is 6.16. The Hall–Kier alpha value is -4.48. The second-order valence-electron chi connectivity index (χ2n) is 9.63. The van der Waals surface area contributed by atoms with E-state index in [1.165, 1.54) is 35.7 Å². The molecule has 0 atom stereocenters. The van der Waals surface area contributed by atoms with Crippen LogP contribution in [0, 0.1) is 0 Å². The highest BCUT2D eigenvalue weighted by molar-refractivity contribution is 7.89. The third-order valence-electron chi connectivity index (χ3n) is 7.05. The van der Waals surface area contributed by atoms with E-state index in [0.717, 1.165) is 23.3 Å². The van der Waals surface area contributed by atoms with Crippen molar-refractivity contribution in [2.45, 2.75) is 24.0 Å². The van der Waals surface area contributed by atoms with Gasteiger partial charge in [0, 0.05) is 24.3 Å². The van der Waals surface area contributed by atoms with E-state index in [2.05, 4.69) is 5.32 Å². The van der Waals surface area contributed by atoms with Crippen LogP contribution < -0.4 is 5.32 Å². The average Bonchev–Trinajstić information content (AvgIpc) is 3.00. The number of carbonyl (C=O) groups is 2. The first kappa shape index (κ1) is 29.0. The number of amides is 1. The number of methoxy groups -OCH3 is 1. The minimum atomic E-state index is -4.46. The first-order valence-electron chi connectivity index (χ1n) is 12.9. The number of carbonyl (C=O) groups excluding carboxylic acids is 2. The van der Waals surface area contributed by atoms with Crippen molar-refractivity contribution in [1.29, 1.82) is 0 Å². The molecule has 0 unspecified atom stereocenters. The number of nitrogens with one attached hydrogen (secondary N) is 1. The van der Waals surface area contributed by atoms with Gasteiger partial charge in [-0.25, -0.2) is 13.2 Å². The Bertz CT molecular complexity index is 1770. The van der Waals surface area contributed by atoms with Crippen molar-refractivity contribution in [1.82, 2.24) is 4.31 Å². The van der Waals surface area contributed by atoms with Crippen molar-refractivity contribution in [3.8, 4) is 11.1 Å². The summed E-state index contributed by atoms with van der Waals surface area (Å²) in [6.07, 6.45) is -4.09. The van der Waals surface area contributed by atoms with Gasteiger partial charge in [-0.1, -0.05) is 48.5 Å². The minimum absolute atomic E-state index is 0.0413. The van der Waals surface area contributed by atoms with Gasteiger partial charge in [0.1, 0.15) is 0 Å². The maximum absolute atomic E-state index is 13.4. The monoisotopic (exact) mass is 594 g/mol. The number of halogens is 3. The van der Waals surface area contributed by atoms with Crippen molar-refractivity contribution in [3.05, 3.63) is 119 Å². The molecule has 1 amide bonds. The van der Waals surface area contributed by atoms with Crippen LogP contribution in [0.4, 0.5) is 18.9 Å². The smallest absolute Gasteiger partial charge is 0.416 e. The standard InChI is InChI=1S/C31H25F3N2O5S/c1-41-30(38)27-8-4-5-9-28(27)42(39,40)36-17-16-21-18-24(15-12-22(21)19-36)35-29(37)26-7-3-2-6-25(26)20-10-13-23(14-11-20)31(32,33)34/h2-15,18H,16-17,19H2,1H3,(H,35,37). The molecule has 0 bridgehead atoms. The number of fused-ring (bicyclic) bond motifs is 1. The summed E-state index contributed by atoms with van der Waals surface area (Å²) in [7, 11) is -2.81. The van der Waals surface area contributed by atoms with Gasteiger partial charge in [0.15, 0.2) is 0 Å². The maximum atomic E-state index is 13.4. The number of hydrogen-bond acceptors (Lipinski definition) is 5. The van der Waals surface area contributed by atoms with Crippen molar-refractivity contribution < 1.29 is 35.9 Å². The zero-order chi connectivity index (χ0) is 30.1. The van der Waals surface area contributed by atoms with E-state index in [-0.39, 0.29) is 29.1 Å². The van der Waals surface area contributed by atoms with Gasteiger partial charge in [-0.3, -0.25) is 4.79 Å². The van der Waals surface area contributed by atoms with Gasteiger partial charge >= 0.3 is 12.1 Å². The van der Waals surface area contributed by atoms with Gasteiger partial charge in [0.25, 0.3) is 5.91 Å². The van der Waals surface area contributed by atoms with E-state index < -0.39 is 33.6 Å². The van der Waals surface area contributed by atoms with Crippen LogP contribution in [0.25, 0.3) is 11.1 Å². The molecule has 216 valence electrons. The fraction of sp³-hybridized carbons (Fsp3) is 0.161. The van der Waals surface area contributed by atoms with Gasteiger partial charge in [-0.15, -0.1) is 0 Å². The number of anilines is 1. The molecule has 5 rings (SSSR count). The van der Waals surface area contributed by atoms with E-state index in [1.54, 1.807) is 54.6 Å². The molecule has 1 N–H and O–H groups in total. The van der Waals surface area contributed by atoms with Crippen LogP contribution in [-0.2, 0) is 33.9 Å². The summed E-state index contributed by atoms with van der Waals surface area (Å²) in [5.74, 6) is -1.18. The lowest BCUT2D eigenvalue weighted by molar-refractivity contribution is -0.137. The second kappa shape index (κ2) is 11.4. The Morgan fingerprint density at radius 1 is 0.857 bits per heavy atom. The third kappa shape index (κ3) is 5.79. The Labute approximate surface area is 240 Å². The second-order valence-corrected chi connectivity index (χ2v) is 11.5. The molecule has 0 spiro atoms. The minimum Gasteiger partial charge on any atom is -0.465 e. The van der Waals surface area contributed by atoms with Gasteiger partial charge in [-0.05, 0) is 71.1 Å². The summed E-state index contributed by atoms with van der Waals surface area (Å²) in [6, 6.07) is 22.3. The summed E-state index contributed by atoms with van der Waals surface area (Å²) in [5, 5.41) is 2.85. The lowest BCUT2D eigenvalue weighted by Crippen LogP contribution is -2.36. The molecule has 4 aromatic rings. The predicted molar refractivity (Wildman–Crippen MR) is 150 cm³/mol. The van der Waals surface area contributed by atoms with Crippen molar-refractivity contribution >= 4 is 27.6 Å². The SMILES string of the molecule is COC(=O)c1ccccc1S(=O)(=O)N1CCc2cc(NC(=O)c3ccccc3-c3ccc(C(F)(F)F)cc3)ccc2C1. The highest BCUT2D eigenvalue weighted by Gasteiger charge is 2.32. The van der Waals surface area contributed by atoms with E-state index in [4.69, 9.17) is 4.74 Å². The number of esters is 1. The van der Waals surface area contributed by atoms with Gasteiger partial charge in [0.2, 0.25) is 10.0 Å². The normalized spacial score (nSPS) is 13.7. The fourth-order valence-electron chi connectivity index (χ4n) is 4.89. The molecule has 0 fully saturated rings. The Morgan fingerprint density at radius 3 is 2.21 bits per heavy atom. The third-order valence-corrected chi connectivity index (χ3v) is 8.95. The zero-order valence-corrected chi connectivity index (χ0v) is 23.1. The largest absolute Gasteiger partial charge is 0.465 e. The van der Waals surface area contributed by atoms with Crippen molar-refractivity contribution in [3.63, 3.8) is 0 Å². The quantitative estimate of drug-likeness (QED) is 0.270. The molecule has 11 heteroatoms. The van der Waals surface area contributed by atoms with Crippen LogP contribution in [0.1, 0.15) is 37.4 Å². The summed E-state index contributed by atoms with van der Waals surface area (Å²) in [4.78, 5) is 25.3.